The van der Waals surface area contributed by atoms with E-state index in [1.165, 1.54) is 6.07 Å². The highest BCUT2D eigenvalue weighted by Gasteiger charge is 2.26. The summed E-state index contributed by atoms with van der Waals surface area (Å²) in [6.45, 7) is 2.40. The van der Waals surface area contributed by atoms with Gasteiger partial charge in [-0.1, -0.05) is 11.3 Å². The molecule has 0 radical (unpaired) electrons. The van der Waals surface area contributed by atoms with Crippen LogP contribution >= 0.6 is 0 Å². The SMILES string of the molecule is Nc1ccc(CN2CCC(c3nnn4cnc5[nH]ccc5c34)CC2)c(F)c1. The fourth-order valence-electron chi connectivity index (χ4n) is 3.99. The summed E-state index contributed by atoms with van der Waals surface area (Å²) < 4.78 is 15.8. The van der Waals surface area contributed by atoms with E-state index in [1.807, 2.05) is 12.3 Å². The lowest BCUT2D eigenvalue weighted by Gasteiger charge is -2.31. The van der Waals surface area contributed by atoms with Crippen LogP contribution in [-0.4, -0.2) is 42.8 Å². The van der Waals surface area contributed by atoms with E-state index in [9.17, 15) is 4.39 Å². The van der Waals surface area contributed by atoms with Gasteiger partial charge in [0.25, 0.3) is 0 Å². The van der Waals surface area contributed by atoms with E-state index >= 15 is 0 Å². The number of aromatic amines is 1. The third-order valence-corrected chi connectivity index (χ3v) is 5.44. The van der Waals surface area contributed by atoms with Gasteiger partial charge < -0.3 is 10.7 Å². The average Bonchev–Trinajstić information content (AvgIpc) is 3.30. The molecule has 1 aliphatic rings. The summed E-state index contributed by atoms with van der Waals surface area (Å²) in [7, 11) is 0. The highest BCUT2D eigenvalue weighted by atomic mass is 19.1. The maximum absolute atomic E-state index is 14.1. The van der Waals surface area contributed by atoms with Crippen LogP contribution in [0.15, 0.2) is 36.8 Å². The minimum atomic E-state index is -0.233. The Labute approximate surface area is 155 Å². The third kappa shape index (κ3) is 2.82. The van der Waals surface area contributed by atoms with Crippen molar-refractivity contribution in [3.63, 3.8) is 0 Å². The van der Waals surface area contributed by atoms with Crippen LogP contribution in [0.2, 0.25) is 0 Å². The van der Waals surface area contributed by atoms with Crippen molar-refractivity contribution in [1.82, 2.24) is 29.7 Å². The molecule has 1 aromatic carbocycles. The second-order valence-corrected chi connectivity index (χ2v) is 7.15. The highest BCUT2D eigenvalue weighted by Crippen LogP contribution is 2.32. The molecule has 0 bridgehead atoms. The largest absolute Gasteiger partial charge is 0.399 e. The summed E-state index contributed by atoms with van der Waals surface area (Å²) in [5, 5.41) is 9.74. The summed E-state index contributed by atoms with van der Waals surface area (Å²) in [6, 6.07) is 6.94. The van der Waals surface area contributed by atoms with Crippen LogP contribution in [0.5, 0.6) is 0 Å². The van der Waals surface area contributed by atoms with Crippen LogP contribution in [0.1, 0.15) is 30.0 Å². The molecular formula is C19H20FN7. The number of H-pyrrole nitrogens is 1. The molecule has 1 fully saturated rings. The van der Waals surface area contributed by atoms with E-state index in [2.05, 4.69) is 25.2 Å². The number of fused-ring (bicyclic) bond motifs is 3. The van der Waals surface area contributed by atoms with Crippen molar-refractivity contribution in [2.75, 3.05) is 18.8 Å². The van der Waals surface area contributed by atoms with Crippen LogP contribution in [0, 0.1) is 5.82 Å². The van der Waals surface area contributed by atoms with E-state index in [-0.39, 0.29) is 5.82 Å². The lowest BCUT2D eigenvalue weighted by atomic mass is 9.92. The number of anilines is 1. The van der Waals surface area contributed by atoms with Crippen molar-refractivity contribution >= 4 is 22.2 Å². The van der Waals surface area contributed by atoms with Crippen LogP contribution in [0.4, 0.5) is 10.1 Å². The minimum absolute atomic E-state index is 0.233. The Balaban J connectivity index is 1.35. The number of likely N-dealkylation sites (tertiary alicyclic amines) is 1. The molecule has 0 unspecified atom stereocenters. The molecule has 138 valence electrons. The molecule has 7 nitrogen and oxygen atoms in total. The van der Waals surface area contributed by atoms with Gasteiger partial charge in [-0.3, -0.25) is 4.90 Å². The van der Waals surface area contributed by atoms with Crippen molar-refractivity contribution in [2.24, 2.45) is 0 Å². The third-order valence-electron chi connectivity index (χ3n) is 5.44. The maximum atomic E-state index is 14.1. The van der Waals surface area contributed by atoms with Crippen LogP contribution in [-0.2, 0) is 6.54 Å². The van der Waals surface area contributed by atoms with Gasteiger partial charge in [-0.05, 0) is 44.1 Å². The zero-order valence-electron chi connectivity index (χ0n) is 14.8. The van der Waals surface area contributed by atoms with Crippen LogP contribution in [0.3, 0.4) is 0 Å². The molecular weight excluding hydrogens is 345 g/mol. The summed E-state index contributed by atoms with van der Waals surface area (Å²) in [5.74, 6) is 0.110. The van der Waals surface area contributed by atoms with E-state index < -0.39 is 0 Å². The monoisotopic (exact) mass is 365 g/mol. The number of nitrogens with one attached hydrogen (secondary N) is 1. The van der Waals surface area contributed by atoms with E-state index in [4.69, 9.17) is 5.73 Å². The van der Waals surface area contributed by atoms with Gasteiger partial charge >= 0.3 is 0 Å². The highest BCUT2D eigenvalue weighted by molar-refractivity contribution is 5.92. The van der Waals surface area contributed by atoms with Crippen molar-refractivity contribution in [2.45, 2.75) is 25.3 Å². The number of nitrogen functional groups attached to an aromatic ring is 1. The van der Waals surface area contributed by atoms with Crippen molar-refractivity contribution in [1.29, 1.82) is 0 Å². The van der Waals surface area contributed by atoms with Gasteiger partial charge in [0.15, 0.2) is 0 Å². The predicted molar refractivity (Wildman–Crippen MR) is 101 cm³/mol. The lowest BCUT2D eigenvalue weighted by Crippen LogP contribution is -2.32. The minimum Gasteiger partial charge on any atom is -0.399 e. The van der Waals surface area contributed by atoms with E-state index in [1.54, 1.807) is 23.0 Å². The number of benzene rings is 1. The standard InChI is InChI=1S/C19H20FN7/c20-16-9-14(21)2-1-13(16)10-26-7-4-12(5-8-26)17-18-15-3-6-22-19(15)23-11-27(18)25-24-17/h1-3,6,9,11-12,22H,4-5,7-8,10,21H2. The van der Waals surface area contributed by atoms with E-state index in [0.717, 1.165) is 48.2 Å². The first-order valence-corrected chi connectivity index (χ1v) is 9.12. The first-order chi connectivity index (χ1) is 13.2. The number of aromatic nitrogens is 5. The fraction of sp³-hybridized carbons (Fsp3) is 0.316. The molecule has 0 saturated carbocycles. The zero-order valence-corrected chi connectivity index (χ0v) is 14.8. The molecule has 4 aromatic rings. The van der Waals surface area contributed by atoms with Gasteiger partial charge in [0, 0.05) is 35.3 Å². The Morgan fingerprint density at radius 1 is 1.22 bits per heavy atom. The molecule has 27 heavy (non-hydrogen) atoms. The topological polar surface area (TPSA) is 88.1 Å². The number of nitrogens with zero attached hydrogens (tertiary/aromatic N) is 5. The predicted octanol–water partition coefficient (Wildman–Crippen LogP) is 2.71. The molecule has 1 aliphatic heterocycles. The van der Waals surface area contributed by atoms with E-state index in [0.29, 0.717) is 23.7 Å². The molecule has 8 heteroatoms. The quantitative estimate of drug-likeness (QED) is 0.545. The number of hydrogen-bond donors (Lipinski definition) is 2. The summed E-state index contributed by atoms with van der Waals surface area (Å²) >= 11 is 0. The van der Waals surface area contributed by atoms with Crippen molar-refractivity contribution in [3.05, 3.63) is 53.9 Å². The van der Waals surface area contributed by atoms with Crippen molar-refractivity contribution < 1.29 is 4.39 Å². The van der Waals surface area contributed by atoms with Crippen LogP contribution < -0.4 is 5.73 Å². The second-order valence-electron chi connectivity index (χ2n) is 7.15. The molecule has 3 aromatic heterocycles. The van der Waals surface area contributed by atoms with Gasteiger partial charge in [-0.2, -0.15) is 0 Å². The normalized spacial score (nSPS) is 16.5. The fourth-order valence-corrected chi connectivity index (χ4v) is 3.99. The summed E-state index contributed by atoms with van der Waals surface area (Å²) in [4.78, 5) is 9.78. The Morgan fingerprint density at radius 2 is 2.07 bits per heavy atom. The molecule has 0 aliphatic carbocycles. The Kier molecular flexibility index (Phi) is 3.78. The number of piperidine rings is 1. The van der Waals surface area contributed by atoms with Gasteiger partial charge in [-0.15, -0.1) is 5.10 Å². The molecule has 1 saturated heterocycles. The summed E-state index contributed by atoms with van der Waals surface area (Å²) in [5.41, 5.74) is 9.69. The molecule has 4 heterocycles. The summed E-state index contributed by atoms with van der Waals surface area (Å²) in [6.07, 6.45) is 5.53. The van der Waals surface area contributed by atoms with Crippen molar-refractivity contribution in [3.8, 4) is 0 Å². The smallest absolute Gasteiger partial charge is 0.141 e. The maximum Gasteiger partial charge on any atom is 0.141 e. The van der Waals surface area contributed by atoms with Crippen LogP contribution in [0.25, 0.3) is 16.6 Å². The second kappa shape index (κ2) is 6.31. The Hall–Kier alpha value is -3.00. The molecule has 0 amide bonds. The average molecular weight is 365 g/mol. The van der Waals surface area contributed by atoms with Gasteiger partial charge in [0.05, 0.1) is 5.69 Å². The number of rotatable bonds is 3. The molecule has 5 rings (SSSR count). The van der Waals surface area contributed by atoms with Gasteiger partial charge in [0.2, 0.25) is 0 Å². The first-order valence-electron chi connectivity index (χ1n) is 9.12. The lowest BCUT2D eigenvalue weighted by molar-refractivity contribution is 0.201. The number of hydrogen-bond acceptors (Lipinski definition) is 5. The Bertz CT molecular complexity index is 1110. The van der Waals surface area contributed by atoms with Gasteiger partial charge in [-0.25, -0.2) is 13.9 Å². The zero-order chi connectivity index (χ0) is 18.4. The molecule has 0 spiro atoms. The molecule has 3 N–H and O–H groups in total. The number of halogens is 1. The first kappa shape index (κ1) is 16.2. The number of nitrogens with two attached hydrogens (primary N) is 1. The van der Waals surface area contributed by atoms with Gasteiger partial charge in [0.1, 0.15) is 23.3 Å². The molecule has 0 atom stereocenters. The Morgan fingerprint density at radius 3 is 2.89 bits per heavy atom.